The van der Waals surface area contributed by atoms with Crippen LogP contribution in [0.5, 0.6) is 0 Å². The van der Waals surface area contributed by atoms with Crippen molar-refractivity contribution in [2.45, 2.75) is 252 Å². The Morgan fingerprint density at radius 3 is 1.45 bits per heavy atom. The molecular weight excluding hydrogens is 1310 g/mol. The largest absolute Gasteiger partial charge is 0.477 e. The smallest absolute Gasteiger partial charge is 0.364 e. The molecule has 7 aliphatic rings. The summed E-state index contributed by atoms with van der Waals surface area (Å²) >= 11 is 0. The highest BCUT2D eigenvalue weighted by Gasteiger charge is 2.64. The molecule has 7 heterocycles. The Bertz CT molecular complexity index is 2450. The third kappa shape index (κ3) is 16.8. The van der Waals surface area contributed by atoms with Gasteiger partial charge in [0.25, 0.3) is 11.6 Å². The van der Waals surface area contributed by atoms with Crippen LogP contribution in [0.1, 0.15) is 19.8 Å². The zero-order valence-electron chi connectivity index (χ0n) is 49.8. The van der Waals surface area contributed by atoms with E-state index in [0.29, 0.717) is 0 Å². The molecule has 0 unspecified atom stereocenters. The van der Waals surface area contributed by atoms with Crippen LogP contribution in [0, 0.1) is 0 Å². The molecule has 0 radical (unpaired) electrons. The highest BCUT2D eigenvalue weighted by molar-refractivity contribution is 5.77. The third-order valence-electron chi connectivity index (χ3n) is 17.1. The lowest BCUT2D eigenvalue weighted by atomic mass is 9.89. The number of carboxylic acids is 2. The van der Waals surface area contributed by atoms with Gasteiger partial charge in [-0.1, -0.05) is 0 Å². The molecule has 552 valence electrons. The average molecular weight is 1400 g/mol. The van der Waals surface area contributed by atoms with Gasteiger partial charge in [-0.05, 0) is 0 Å². The van der Waals surface area contributed by atoms with Gasteiger partial charge in [0.05, 0.1) is 58.5 Å². The summed E-state index contributed by atoms with van der Waals surface area (Å²) in [7, 11) is 0. The third-order valence-corrected chi connectivity index (χ3v) is 17.1. The fourth-order valence-corrected chi connectivity index (χ4v) is 11.9. The molecule has 95 heavy (non-hydrogen) atoms. The lowest BCUT2D eigenvalue weighted by molar-refractivity contribution is -0.415. The van der Waals surface area contributed by atoms with Gasteiger partial charge in [0.1, 0.15) is 177 Å². The fourth-order valence-electron chi connectivity index (χ4n) is 11.9. The van der Waals surface area contributed by atoms with Gasteiger partial charge in [-0.15, -0.1) is 0 Å². The number of carbonyl (C=O) groups is 3. The van der Waals surface area contributed by atoms with Gasteiger partial charge >= 0.3 is 11.9 Å². The zero-order chi connectivity index (χ0) is 70.8. The van der Waals surface area contributed by atoms with Crippen LogP contribution in [0.4, 0.5) is 0 Å². The van der Waals surface area contributed by atoms with Gasteiger partial charge in [-0.25, -0.2) is 9.59 Å². The van der Waals surface area contributed by atoms with E-state index < -0.39 is 309 Å². The number of hydrogen-bond donors (Lipinski definition) is 28. The first-order valence-corrected chi connectivity index (χ1v) is 29.5. The first-order valence-electron chi connectivity index (χ1n) is 29.5. The number of aliphatic hydroxyl groups excluding tert-OH is 24. The van der Waals surface area contributed by atoms with Crippen LogP contribution >= 0.6 is 0 Å². The Morgan fingerprint density at radius 1 is 0.442 bits per heavy atom. The minimum atomic E-state index is -3.64. The van der Waals surface area contributed by atoms with Gasteiger partial charge in [-0.2, -0.15) is 0 Å². The van der Waals surface area contributed by atoms with Gasteiger partial charge in [0.2, 0.25) is 5.91 Å². The van der Waals surface area contributed by atoms with Gasteiger partial charge in [0.15, 0.2) is 31.5 Å². The van der Waals surface area contributed by atoms with Gasteiger partial charge in [-0.3, -0.25) is 4.79 Å². The van der Waals surface area contributed by atoms with Crippen molar-refractivity contribution in [2.24, 2.45) is 0 Å². The monoisotopic (exact) mass is 1400 g/mol. The van der Waals surface area contributed by atoms with Crippen molar-refractivity contribution < 1.29 is 214 Å². The number of rotatable bonds is 27. The standard InChI is InChI=1S/C51H85NO43/c1-11(59)52-21-25(69)23(67)19(8-57)84-43(21)90-40-31(75)35(17(65)10-83-44-29(73)27(71)28(72)34(86-44)13(61)4-53)87-46(32(40)76)91-41-33(77)47(88-37(15(63)6-55)42(41)92-45-30(74)26(70)24(68)20(9-58)85-45)89-39-18(3-50(82,48(78)79)94-38(39)16(64)7-56)93-51(49(80)81)2-12(60)22(66)36(95-51)14(62)5-54/h12-47,53-58,60-77,82H,2-10H2,1H3,(H,52,59)(H,78,79)(H,80,81)/t12-,13+,14-,15+,16-,17+,18-,19-,20-,21-,22-,23-,24-,25-,26+,27+,28+,29+,30-,31-,32+,33+,34-,35-,36-,37-,38-,39-,40+,41-,42-,43+,44+,45+,46-,47-,50-,51-/m1/s1. The molecule has 38 atom stereocenters. The van der Waals surface area contributed by atoms with Crippen molar-refractivity contribution in [3.05, 3.63) is 0 Å². The summed E-state index contributed by atoms with van der Waals surface area (Å²) in [5.41, 5.74) is 0. The van der Waals surface area contributed by atoms with Crippen molar-refractivity contribution in [1.82, 2.24) is 5.32 Å². The number of aliphatic carboxylic acids is 2. The number of carbonyl (C=O) groups excluding carboxylic acids is 1. The second kappa shape index (κ2) is 33.1. The Balaban J connectivity index is 1.35. The van der Waals surface area contributed by atoms with Crippen LogP contribution in [0.25, 0.3) is 0 Å². The van der Waals surface area contributed by atoms with E-state index in [-0.39, 0.29) is 0 Å². The van der Waals surface area contributed by atoms with Gasteiger partial charge in [0, 0.05) is 19.8 Å². The summed E-state index contributed by atoms with van der Waals surface area (Å²) in [5.74, 6) is -12.6. The molecule has 7 rings (SSSR count). The van der Waals surface area contributed by atoms with Crippen LogP contribution in [0.2, 0.25) is 0 Å². The molecule has 28 N–H and O–H groups in total. The minimum absolute atomic E-state index is 0.914. The SMILES string of the molecule is CC(=O)N[C@H]1[C@H](O[C@@H]2[C@H](O)[C@@H](O[C@@H]3[C@H](O)[C@@H](O[C@H]4[C@@H]([C@H](O)CO)O[C@@](O)(C(=O)O)C[C@H]4O[C@]4(C(=O)O)C[C@@H](O)[C@@H](O)[C@@H]([C@H](O)CO)O4)O[C@H]([C@@H](O)CO)[C@H]3O[C@@H]3O[C@H](CO)[C@@H](O)[C@H](O)[C@H]3O)O[C@H]([C@@H](O)CO[C@H]3O[C@H]([C@@H](O)CO)[C@@H](O)[C@H](O)[C@@H]3O)[C@H]2O)O[C@H](CO)[C@@H](O)[C@@H]1O. The number of ether oxygens (including phenoxy) is 13. The first kappa shape index (κ1) is 79.2. The van der Waals surface area contributed by atoms with E-state index in [2.05, 4.69) is 5.32 Å². The number of hydrogen-bond acceptors (Lipinski definition) is 41. The van der Waals surface area contributed by atoms with E-state index in [9.17, 15) is 152 Å². The topological polar surface area (TPSA) is 729 Å². The molecule has 0 aromatic heterocycles. The van der Waals surface area contributed by atoms with Crippen LogP contribution in [-0.4, -0.2) is 434 Å². The Morgan fingerprint density at radius 2 is 0.895 bits per heavy atom. The number of nitrogens with one attached hydrogen (secondary N) is 1. The van der Waals surface area contributed by atoms with E-state index in [0.717, 1.165) is 6.92 Å². The fraction of sp³-hybridized carbons (Fsp3) is 0.941. The maximum atomic E-state index is 13.3. The highest BCUT2D eigenvalue weighted by Crippen LogP contribution is 2.43. The lowest BCUT2D eigenvalue weighted by Crippen LogP contribution is -2.71. The van der Waals surface area contributed by atoms with Crippen LogP contribution < -0.4 is 5.32 Å². The molecule has 7 fully saturated rings. The van der Waals surface area contributed by atoms with E-state index in [1.807, 2.05) is 0 Å². The number of amides is 1. The molecule has 0 aromatic carbocycles. The molecule has 1 amide bonds. The van der Waals surface area contributed by atoms with Crippen molar-refractivity contribution in [2.75, 3.05) is 46.2 Å². The molecule has 44 heteroatoms. The molecule has 7 aliphatic heterocycles. The van der Waals surface area contributed by atoms with Crippen LogP contribution in [-0.2, 0) is 76.0 Å². The normalized spacial score (nSPS) is 47.6. The molecule has 0 saturated carbocycles. The Kier molecular flexibility index (Phi) is 27.6. The van der Waals surface area contributed by atoms with Crippen LogP contribution in [0.15, 0.2) is 0 Å². The Hall–Kier alpha value is -3.11. The predicted octanol–water partition coefficient (Wildman–Crippen LogP) is -18.4. The Labute approximate surface area is 534 Å². The molecule has 44 nitrogen and oxygen atoms in total. The summed E-state index contributed by atoms with van der Waals surface area (Å²) in [6, 6.07) is -1.91. The van der Waals surface area contributed by atoms with Crippen molar-refractivity contribution in [1.29, 1.82) is 0 Å². The molecule has 7 saturated heterocycles. The van der Waals surface area contributed by atoms with E-state index >= 15 is 0 Å². The first-order chi connectivity index (χ1) is 44.6. The molecule has 0 aliphatic carbocycles. The quantitative estimate of drug-likeness (QED) is 0.0363. The molecular formula is C51H85NO43. The summed E-state index contributed by atoms with van der Waals surface area (Å²) < 4.78 is 74.7. The maximum Gasteiger partial charge on any atom is 0.364 e. The highest BCUT2D eigenvalue weighted by atomic mass is 16.8. The lowest BCUT2D eigenvalue weighted by Gasteiger charge is -2.53. The molecule has 0 spiro atoms. The van der Waals surface area contributed by atoms with Crippen molar-refractivity contribution >= 4 is 17.8 Å². The van der Waals surface area contributed by atoms with E-state index in [4.69, 9.17) is 61.6 Å². The molecule has 0 bridgehead atoms. The maximum absolute atomic E-state index is 13.3. The summed E-state index contributed by atoms with van der Waals surface area (Å²) in [5, 5.41) is 296. The van der Waals surface area contributed by atoms with E-state index in [1.165, 1.54) is 0 Å². The number of carboxylic acid groups (broad SMARTS) is 2. The number of aliphatic hydroxyl groups is 25. The summed E-state index contributed by atoms with van der Waals surface area (Å²) in [6.45, 7) is -7.90. The van der Waals surface area contributed by atoms with E-state index in [1.54, 1.807) is 0 Å². The predicted molar refractivity (Wildman–Crippen MR) is 284 cm³/mol. The molecule has 0 aromatic rings. The van der Waals surface area contributed by atoms with Crippen LogP contribution in [0.3, 0.4) is 0 Å². The zero-order valence-corrected chi connectivity index (χ0v) is 49.8. The summed E-state index contributed by atoms with van der Waals surface area (Å²) in [4.78, 5) is 38.5. The minimum Gasteiger partial charge on any atom is -0.477 e. The average Bonchev–Trinajstić information content (AvgIpc) is 0.754. The van der Waals surface area contributed by atoms with Crippen molar-refractivity contribution in [3.8, 4) is 0 Å². The van der Waals surface area contributed by atoms with Crippen molar-refractivity contribution in [3.63, 3.8) is 0 Å². The summed E-state index contributed by atoms with van der Waals surface area (Å²) in [6.07, 6.45) is -84.9. The second-order valence-corrected chi connectivity index (χ2v) is 23.7. The van der Waals surface area contributed by atoms with Gasteiger partial charge < -0.3 is 205 Å². The second-order valence-electron chi connectivity index (χ2n) is 23.7.